The number of carbonyl (C=O) groups is 1. The highest BCUT2D eigenvalue weighted by molar-refractivity contribution is 5.94. The van der Waals surface area contributed by atoms with E-state index in [0.717, 1.165) is 24.1 Å². The first-order valence-corrected chi connectivity index (χ1v) is 12.4. The number of pyridine rings is 2. The number of hydrogen-bond acceptors (Lipinski definition) is 7. The fraction of sp³-hybridized carbons (Fsp3) is 0.179. The van der Waals surface area contributed by atoms with Crippen LogP contribution in [0.4, 0.5) is 17.2 Å². The normalized spacial score (nSPS) is 12.9. The van der Waals surface area contributed by atoms with Gasteiger partial charge in [0.1, 0.15) is 11.5 Å². The van der Waals surface area contributed by atoms with Crippen molar-refractivity contribution >= 4 is 28.7 Å². The molecular weight excluding hydrogens is 480 g/mol. The quantitative estimate of drug-likeness (QED) is 0.331. The van der Waals surface area contributed by atoms with Crippen molar-refractivity contribution in [2.45, 2.75) is 25.4 Å². The Labute approximate surface area is 218 Å². The average Bonchev–Trinajstić information content (AvgIpc) is 3.65. The standard InChI is InChI=1S/C28H26N8O2/c1-34(18-19-8-3-2-4-9-19)22-16-24(33-36-23(17-30-26(22)36)27(37)31-20-12-13-20)32-21-10-7-15-35(28(21)38)25-11-5-6-14-29-25/h2-11,14-17,20H,12-13,18H2,1H3,(H,31,37)(H,32,33). The number of rotatable bonds is 8. The molecule has 5 aromatic rings. The molecule has 2 N–H and O–H groups in total. The van der Waals surface area contributed by atoms with E-state index in [-0.39, 0.29) is 17.5 Å². The number of fused-ring (bicyclic) bond motifs is 1. The lowest BCUT2D eigenvalue weighted by Crippen LogP contribution is -2.27. The van der Waals surface area contributed by atoms with Crippen LogP contribution < -0.4 is 21.1 Å². The van der Waals surface area contributed by atoms with E-state index in [4.69, 9.17) is 0 Å². The molecule has 0 unspecified atom stereocenters. The summed E-state index contributed by atoms with van der Waals surface area (Å²) in [7, 11) is 1.96. The van der Waals surface area contributed by atoms with E-state index < -0.39 is 0 Å². The predicted molar refractivity (Wildman–Crippen MR) is 145 cm³/mol. The fourth-order valence-electron chi connectivity index (χ4n) is 4.28. The first kappa shape index (κ1) is 23.4. The van der Waals surface area contributed by atoms with Gasteiger partial charge in [-0.1, -0.05) is 36.4 Å². The van der Waals surface area contributed by atoms with Crippen molar-refractivity contribution in [2.24, 2.45) is 0 Å². The summed E-state index contributed by atoms with van der Waals surface area (Å²) in [6.07, 6.45) is 6.80. The molecule has 190 valence electrons. The zero-order valence-electron chi connectivity index (χ0n) is 20.8. The summed E-state index contributed by atoms with van der Waals surface area (Å²) in [5, 5.41) is 10.8. The number of nitrogens with one attached hydrogen (secondary N) is 2. The van der Waals surface area contributed by atoms with Gasteiger partial charge in [0.15, 0.2) is 17.2 Å². The summed E-state index contributed by atoms with van der Waals surface area (Å²) in [6.45, 7) is 0.619. The first-order valence-electron chi connectivity index (χ1n) is 12.4. The van der Waals surface area contributed by atoms with Crippen LogP contribution in [0, 0.1) is 0 Å². The number of carbonyl (C=O) groups excluding carboxylic acids is 1. The van der Waals surface area contributed by atoms with Crippen LogP contribution in [0.3, 0.4) is 0 Å². The van der Waals surface area contributed by atoms with Gasteiger partial charge in [0.2, 0.25) is 0 Å². The maximum Gasteiger partial charge on any atom is 0.279 e. The van der Waals surface area contributed by atoms with Crippen molar-refractivity contribution in [2.75, 3.05) is 17.3 Å². The second-order valence-electron chi connectivity index (χ2n) is 9.29. The Hall–Kier alpha value is -4.99. The molecular formula is C28H26N8O2. The van der Waals surface area contributed by atoms with Crippen molar-refractivity contribution < 1.29 is 4.79 Å². The molecule has 0 saturated heterocycles. The second kappa shape index (κ2) is 9.81. The largest absolute Gasteiger partial charge is 0.367 e. The SMILES string of the molecule is CN(Cc1ccccc1)c1cc(Nc2cccn(-c3ccccn3)c2=O)nn2c(C(=O)NC3CC3)cnc12. The Morgan fingerprint density at radius 2 is 1.87 bits per heavy atom. The number of anilines is 3. The van der Waals surface area contributed by atoms with E-state index in [1.807, 2.05) is 42.3 Å². The minimum absolute atomic E-state index is 0.198. The van der Waals surface area contributed by atoms with E-state index in [1.165, 1.54) is 9.08 Å². The summed E-state index contributed by atoms with van der Waals surface area (Å²) in [4.78, 5) is 37.1. The van der Waals surface area contributed by atoms with Gasteiger partial charge in [0.05, 0.1) is 11.9 Å². The van der Waals surface area contributed by atoms with Crippen molar-refractivity contribution in [3.05, 3.63) is 107 Å². The molecule has 1 aliphatic rings. The van der Waals surface area contributed by atoms with Gasteiger partial charge in [0.25, 0.3) is 11.5 Å². The molecule has 0 atom stereocenters. The monoisotopic (exact) mass is 506 g/mol. The topological polar surface area (TPSA) is 109 Å². The Morgan fingerprint density at radius 3 is 2.63 bits per heavy atom. The molecule has 1 amide bonds. The third-order valence-corrected chi connectivity index (χ3v) is 6.37. The Morgan fingerprint density at radius 1 is 1.05 bits per heavy atom. The van der Waals surface area contributed by atoms with Crippen LogP contribution in [0.2, 0.25) is 0 Å². The Bertz CT molecular complexity index is 1660. The number of nitrogens with zero attached hydrogens (tertiary/aromatic N) is 6. The van der Waals surface area contributed by atoms with Gasteiger partial charge in [-0.25, -0.2) is 14.5 Å². The zero-order valence-corrected chi connectivity index (χ0v) is 20.8. The summed E-state index contributed by atoms with van der Waals surface area (Å²) in [6, 6.07) is 21.0. The maximum absolute atomic E-state index is 13.3. The predicted octanol–water partition coefficient (Wildman–Crippen LogP) is 3.55. The number of hydrogen-bond donors (Lipinski definition) is 2. The van der Waals surface area contributed by atoms with Gasteiger partial charge in [-0.05, 0) is 42.7 Å². The molecule has 38 heavy (non-hydrogen) atoms. The lowest BCUT2D eigenvalue weighted by molar-refractivity contribution is 0.0944. The molecule has 1 aromatic carbocycles. The molecule has 4 aromatic heterocycles. The smallest absolute Gasteiger partial charge is 0.279 e. The average molecular weight is 507 g/mol. The lowest BCUT2D eigenvalue weighted by atomic mass is 10.2. The van der Waals surface area contributed by atoms with Crippen molar-refractivity contribution in [3.8, 4) is 5.82 Å². The highest BCUT2D eigenvalue weighted by Crippen LogP contribution is 2.27. The zero-order chi connectivity index (χ0) is 26.1. The van der Waals surface area contributed by atoms with Gasteiger partial charge in [-0.15, -0.1) is 5.10 Å². The molecule has 0 bridgehead atoms. The number of benzene rings is 1. The van der Waals surface area contributed by atoms with Gasteiger partial charge in [-0.3, -0.25) is 14.2 Å². The molecule has 0 aliphatic heterocycles. The maximum atomic E-state index is 13.3. The molecule has 0 spiro atoms. The minimum Gasteiger partial charge on any atom is -0.367 e. The summed E-state index contributed by atoms with van der Waals surface area (Å²) >= 11 is 0. The molecule has 10 nitrogen and oxygen atoms in total. The van der Waals surface area contributed by atoms with Crippen LogP contribution in [0.1, 0.15) is 28.9 Å². The highest BCUT2D eigenvalue weighted by Gasteiger charge is 2.26. The summed E-state index contributed by atoms with van der Waals surface area (Å²) in [5.41, 5.74) is 2.82. The Kier molecular flexibility index (Phi) is 6.04. The molecule has 0 radical (unpaired) electrons. The molecule has 1 fully saturated rings. The van der Waals surface area contributed by atoms with E-state index in [1.54, 1.807) is 42.9 Å². The van der Waals surface area contributed by atoms with E-state index in [0.29, 0.717) is 35.2 Å². The van der Waals surface area contributed by atoms with Crippen molar-refractivity contribution in [1.29, 1.82) is 0 Å². The van der Waals surface area contributed by atoms with Crippen LogP contribution in [-0.4, -0.2) is 43.1 Å². The van der Waals surface area contributed by atoms with Crippen LogP contribution in [-0.2, 0) is 6.54 Å². The molecule has 10 heteroatoms. The van der Waals surface area contributed by atoms with Gasteiger partial charge < -0.3 is 15.5 Å². The molecule has 1 aliphatic carbocycles. The van der Waals surface area contributed by atoms with E-state index in [2.05, 4.69) is 37.8 Å². The Balaban J connectivity index is 1.41. The van der Waals surface area contributed by atoms with Gasteiger partial charge >= 0.3 is 0 Å². The molecule has 6 rings (SSSR count). The van der Waals surface area contributed by atoms with Crippen LogP contribution >= 0.6 is 0 Å². The van der Waals surface area contributed by atoms with Crippen LogP contribution in [0.5, 0.6) is 0 Å². The number of imidazole rings is 1. The molecule has 1 saturated carbocycles. The molecule has 4 heterocycles. The second-order valence-corrected chi connectivity index (χ2v) is 9.29. The first-order chi connectivity index (χ1) is 18.6. The summed E-state index contributed by atoms with van der Waals surface area (Å²) < 4.78 is 3.01. The van der Waals surface area contributed by atoms with Gasteiger partial charge in [-0.2, -0.15) is 0 Å². The third-order valence-electron chi connectivity index (χ3n) is 6.37. The minimum atomic E-state index is -0.274. The van der Waals surface area contributed by atoms with Crippen LogP contribution in [0.25, 0.3) is 11.5 Å². The highest BCUT2D eigenvalue weighted by atomic mass is 16.2. The summed E-state index contributed by atoms with van der Waals surface area (Å²) in [5.74, 6) is 0.696. The van der Waals surface area contributed by atoms with E-state index in [9.17, 15) is 9.59 Å². The van der Waals surface area contributed by atoms with Crippen molar-refractivity contribution in [1.82, 2.24) is 29.5 Å². The van der Waals surface area contributed by atoms with E-state index >= 15 is 0 Å². The number of aromatic nitrogens is 5. The fourth-order valence-corrected chi connectivity index (χ4v) is 4.28. The lowest BCUT2D eigenvalue weighted by Gasteiger charge is -2.21. The number of amides is 1. The third kappa shape index (κ3) is 4.71. The van der Waals surface area contributed by atoms with Crippen molar-refractivity contribution in [3.63, 3.8) is 0 Å². The van der Waals surface area contributed by atoms with Crippen LogP contribution in [0.15, 0.2) is 90.1 Å². The van der Waals surface area contributed by atoms with Gasteiger partial charge in [0, 0.05) is 38.1 Å².